The summed E-state index contributed by atoms with van der Waals surface area (Å²) in [5.41, 5.74) is 0.912. The molecule has 0 aromatic carbocycles. The third kappa shape index (κ3) is 2.82. The van der Waals surface area contributed by atoms with E-state index in [1.165, 1.54) is 11.3 Å². The number of rotatable bonds is 5. The van der Waals surface area contributed by atoms with Gasteiger partial charge in [0.2, 0.25) is 0 Å². The van der Waals surface area contributed by atoms with E-state index in [1.807, 2.05) is 11.4 Å². The van der Waals surface area contributed by atoms with E-state index in [2.05, 4.69) is 5.32 Å². The van der Waals surface area contributed by atoms with Crippen LogP contribution in [0.5, 0.6) is 0 Å². The smallest absolute Gasteiger partial charge is 0.171 e. The van der Waals surface area contributed by atoms with Crippen LogP contribution in [0.25, 0.3) is 0 Å². The summed E-state index contributed by atoms with van der Waals surface area (Å²) in [6, 6.07) is 1.91. The van der Waals surface area contributed by atoms with Crippen molar-refractivity contribution in [3.8, 4) is 0 Å². The van der Waals surface area contributed by atoms with Crippen LogP contribution in [0, 0.1) is 0 Å². The van der Waals surface area contributed by atoms with E-state index in [0.717, 1.165) is 17.1 Å². The van der Waals surface area contributed by atoms with Crippen molar-refractivity contribution in [3.63, 3.8) is 0 Å². The molecule has 0 saturated carbocycles. The number of hydrogen-bond donors (Lipinski definition) is 1. The van der Waals surface area contributed by atoms with Gasteiger partial charge >= 0.3 is 0 Å². The molecule has 0 saturated heterocycles. The minimum atomic E-state index is 0.106. The van der Waals surface area contributed by atoms with Gasteiger partial charge in [-0.1, -0.05) is 0 Å². The van der Waals surface area contributed by atoms with Crippen molar-refractivity contribution < 1.29 is 9.53 Å². The second-order valence-electron chi connectivity index (χ2n) is 2.64. The van der Waals surface area contributed by atoms with Crippen LogP contribution < -0.4 is 5.32 Å². The molecule has 1 aromatic heterocycles. The number of nitrogens with one attached hydrogen (secondary N) is 1. The maximum absolute atomic E-state index is 11.1. The van der Waals surface area contributed by atoms with Gasteiger partial charge in [0.25, 0.3) is 0 Å². The van der Waals surface area contributed by atoms with Crippen LogP contribution in [0.15, 0.2) is 11.4 Å². The molecule has 13 heavy (non-hydrogen) atoms. The van der Waals surface area contributed by atoms with Crippen molar-refractivity contribution in [3.05, 3.63) is 16.3 Å². The Morgan fingerprint density at radius 1 is 1.69 bits per heavy atom. The fourth-order valence-electron chi connectivity index (χ4n) is 1.01. The van der Waals surface area contributed by atoms with Crippen LogP contribution in [0.1, 0.15) is 16.6 Å². The number of ether oxygens (including phenoxy) is 1. The number of Topliss-reactive ketones (excluding diaryl/α,β-unsaturated/α-hetero) is 1. The van der Waals surface area contributed by atoms with Crippen LogP contribution in [0.3, 0.4) is 0 Å². The van der Waals surface area contributed by atoms with Crippen LogP contribution >= 0.6 is 11.3 Å². The average molecular weight is 199 g/mol. The van der Waals surface area contributed by atoms with Crippen molar-refractivity contribution in [2.24, 2.45) is 0 Å². The summed E-state index contributed by atoms with van der Waals surface area (Å²) in [5.74, 6) is 0.106. The van der Waals surface area contributed by atoms with Crippen molar-refractivity contribution >= 4 is 22.8 Å². The molecule has 1 rings (SSSR count). The van der Waals surface area contributed by atoms with E-state index < -0.39 is 0 Å². The molecule has 0 bridgehead atoms. The molecule has 1 heterocycles. The zero-order chi connectivity index (χ0) is 9.68. The Morgan fingerprint density at radius 3 is 3.08 bits per heavy atom. The molecule has 0 unspecified atom stereocenters. The van der Waals surface area contributed by atoms with Crippen LogP contribution in [-0.2, 0) is 4.74 Å². The first-order valence-electron chi connectivity index (χ1n) is 4.07. The molecule has 3 nitrogen and oxygen atoms in total. The first kappa shape index (κ1) is 10.2. The van der Waals surface area contributed by atoms with Crippen LogP contribution in [-0.4, -0.2) is 26.0 Å². The fraction of sp³-hybridized carbons (Fsp3) is 0.444. The first-order chi connectivity index (χ1) is 6.25. The molecule has 4 heteroatoms. The fourth-order valence-corrected chi connectivity index (χ4v) is 1.78. The van der Waals surface area contributed by atoms with E-state index in [0.29, 0.717) is 6.61 Å². The number of carbonyl (C=O) groups excluding carboxylic acids is 1. The van der Waals surface area contributed by atoms with Crippen LogP contribution in [0.4, 0.5) is 5.69 Å². The largest absolute Gasteiger partial charge is 0.383 e. The van der Waals surface area contributed by atoms with E-state index in [4.69, 9.17) is 4.74 Å². The molecular weight excluding hydrogens is 186 g/mol. The Kier molecular flexibility index (Phi) is 3.92. The molecular formula is C9H13NO2S. The molecule has 0 aliphatic rings. The Bertz CT molecular complexity index is 283. The first-order valence-corrected chi connectivity index (χ1v) is 4.95. The van der Waals surface area contributed by atoms with E-state index in [9.17, 15) is 4.79 Å². The standard InChI is InChI=1S/C9H13NO2S/c1-7(11)9-8(3-6-13-9)10-4-5-12-2/h3,6,10H,4-5H2,1-2H3. The molecule has 1 aromatic rings. The Hall–Kier alpha value is -0.870. The number of hydrogen-bond acceptors (Lipinski definition) is 4. The second-order valence-corrected chi connectivity index (χ2v) is 3.56. The highest BCUT2D eigenvalue weighted by Gasteiger charge is 2.07. The van der Waals surface area contributed by atoms with Gasteiger partial charge in [-0.05, 0) is 11.4 Å². The van der Waals surface area contributed by atoms with Gasteiger partial charge in [0.15, 0.2) is 5.78 Å². The maximum atomic E-state index is 11.1. The van der Waals surface area contributed by atoms with Crippen molar-refractivity contribution in [1.29, 1.82) is 0 Å². The summed E-state index contributed by atoms with van der Waals surface area (Å²) in [6.07, 6.45) is 0. The lowest BCUT2D eigenvalue weighted by atomic mass is 10.3. The third-order valence-electron chi connectivity index (χ3n) is 1.61. The molecule has 0 aliphatic heterocycles. The summed E-state index contributed by atoms with van der Waals surface area (Å²) in [6.45, 7) is 2.95. The predicted octanol–water partition coefficient (Wildman–Crippen LogP) is 2.01. The van der Waals surface area contributed by atoms with E-state index in [1.54, 1.807) is 14.0 Å². The van der Waals surface area contributed by atoms with Gasteiger partial charge in [-0.25, -0.2) is 0 Å². The Balaban J connectivity index is 2.55. The zero-order valence-corrected chi connectivity index (χ0v) is 8.61. The lowest BCUT2D eigenvalue weighted by molar-refractivity contribution is 0.102. The van der Waals surface area contributed by atoms with Gasteiger partial charge in [0, 0.05) is 20.6 Å². The highest BCUT2D eigenvalue weighted by Crippen LogP contribution is 2.22. The maximum Gasteiger partial charge on any atom is 0.171 e. The molecule has 0 radical (unpaired) electrons. The summed E-state index contributed by atoms with van der Waals surface area (Å²) in [5, 5.41) is 5.05. The van der Waals surface area contributed by atoms with Crippen molar-refractivity contribution in [2.45, 2.75) is 6.92 Å². The third-order valence-corrected chi connectivity index (χ3v) is 2.62. The number of thiophene rings is 1. The van der Waals surface area contributed by atoms with Gasteiger partial charge in [0.05, 0.1) is 17.2 Å². The molecule has 0 fully saturated rings. The highest BCUT2D eigenvalue weighted by atomic mass is 32.1. The monoisotopic (exact) mass is 199 g/mol. The van der Waals surface area contributed by atoms with Crippen molar-refractivity contribution in [1.82, 2.24) is 0 Å². The normalized spacial score (nSPS) is 10.0. The summed E-state index contributed by atoms with van der Waals surface area (Å²) in [7, 11) is 1.65. The number of methoxy groups -OCH3 is 1. The lowest BCUT2D eigenvalue weighted by Crippen LogP contribution is -2.08. The summed E-state index contributed by atoms with van der Waals surface area (Å²) >= 11 is 1.46. The molecule has 72 valence electrons. The van der Waals surface area contributed by atoms with Crippen molar-refractivity contribution in [2.75, 3.05) is 25.6 Å². The summed E-state index contributed by atoms with van der Waals surface area (Å²) in [4.78, 5) is 11.9. The topological polar surface area (TPSA) is 38.3 Å². The molecule has 0 aliphatic carbocycles. The number of carbonyl (C=O) groups is 1. The lowest BCUT2D eigenvalue weighted by Gasteiger charge is -2.04. The molecule has 0 atom stereocenters. The molecule has 0 amide bonds. The number of ketones is 1. The summed E-state index contributed by atoms with van der Waals surface area (Å²) < 4.78 is 4.90. The molecule has 1 N–H and O–H groups in total. The second kappa shape index (κ2) is 4.99. The van der Waals surface area contributed by atoms with Gasteiger partial charge in [-0.2, -0.15) is 0 Å². The Labute approximate surface area is 81.7 Å². The van der Waals surface area contributed by atoms with Gasteiger partial charge in [-0.3, -0.25) is 4.79 Å². The van der Waals surface area contributed by atoms with Gasteiger partial charge in [0.1, 0.15) is 0 Å². The van der Waals surface area contributed by atoms with Gasteiger partial charge in [-0.15, -0.1) is 11.3 Å². The highest BCUT2D eigenvalue weighted by molar-refractivity contribution is 7.12. The number of anilines is 1. The molecule has 0 spiro atoms. The zero-order valence-electron chi connectivity index (χ0n) is 7.79. The SMILES string of the molecule is COCCNc1ccsc1C(C)=O. The predicted molar refractivity (Wildman–Crippen MR) is 54.7 cm³/mol. The minimum Gasteiger partial charge on any atom is -0.383 e. The Morgan fingerprint density at radius 2 is 2.46 bits per heavy atom. The average Bonchev–Trinajstić information content (AvgIpc) is 2.53. The van der Waals surface area contributed by atoms with E-state index in [-0.39, 0.29) is 5.78 Å². The van der Waals surface area contributed by atoms with Crippen LogP contribution in [0.2, 0.25) is 0 Å². The quantitative estimate of drug-likeness (QED) is 0.582. The van der Waals surface area contributed by atoms with E-state index >= 15 is 0 Å². The van der Waals surface area contributed by atoms with Gasteiger partial charge < -0.3 is 10.1 Å². The minimum absolute atomic E-state index is 0.106.